The minimum atomic E-state index is 0. The molecule has 1 N–H and O–H groups in total. The van der Waals surface area contributed by atoms with Gasteiger partial charge in [-0.1, -0.05) is 51.3 Å². The summed E-state index contributed by atoms with van der Waals surface area (Å²) in [7, 11) is 0. The van der Waals surface area contributed by atoms with Crippen molar-refractivity contribution in [2.24, 2.45) is 5.92 Å². The standard InChI is InChI=1S/C15H20O.CH4/c1-5-14(10-12(3)13(4)16)15-9-7-6-8-11(15)2;/h5-9,12,16H,4,10H2,1-3H3;1H4/b14-5-;. The van der Waals surface area contributed by atoms with Crippen LogP contribution in [0.5, 0.6) is 0 Å². The fourth-order valence-corrected chi connectivity index (χ4v) is 1.76. The van der Waals surface area contributed by atoms with Crippen LogP contribution in [0.25, 0.3) is 5.57 Å². The van der Waals surface area contributed by atoms with Gasteiger partial charge in [0, 0.05) is 5.92 Å². The molecule has 94 valence electrons. The third-order valence-electron chi connectivity index (χ3n) is 2.93. The number of rotatable bonds is 4. The van der Waals surface area contributed by atoms with Crippen LogP contribution in [0.2, 0.25) is 0 Å². The van der Waals surface area contributed by atoms with Crippen molar-refractivity contribution in [1.29, 1.82) is 0 Å². The van der Waals surface area contributed by atoms with E-state index in [9.17, 15) is 5.11 Å². The third-order valence-corrected chi connectivity index (χ3v) is 2.93. The topological polar surface area (TPSA) is 20.2 Å². The van der Waals surface area contributed by atoms with Crippen molar-refractivity contribution < 1.29 is 5.11 Å². The van der Waals surface area contributed by atoms with Crippen molar-refractivity contribution in [2.45, 2.75) is 34.6 Å². The van der Waals surface area contributed by atoms with Crippen molar-refractivity contribution >= 4 is 5.57 Å². The zero-order valence-corrected chi connectivity index (χ0v) is 10.3. The van der Waals surface area contributed by atoms with Crippen LogP contribution in [0.15, 0.2) is 42.7 Å². The Balaban J connectivity index is 0.00000256. The maximum absolute atomic E-state index is 9.36. The highest BCUT2D eigenvalue weighted by Gasteiger charge is 2.10. The molecule has 0 aliphatic carbocycles. The van der Waals surface area contributed by atoms with Gasteiger partial charge in [0.2, 0.25) is 0 Å². The lowest BCUT2D eigenvalue weighted by atomic mass is 9.92. The Bertz CT molecular complexity index is 402. The first-order valence-electron chi connectivity index (χ1n) is 5.65. The molecule has 1 aromatic carbocycles. The molecule has 0 bridgehead atoms. The molecule has 0 saturated heterocycles. The summed E-state index contributed by atoms with van der Waals surface area (Å²) in [5.41, 5.74) is 3.80. The monoisotopic (exact) mass is 232 g/mol. The number of aliphatic hydroxyl groups excluding tert-OH is 1. The third kappa shape index (κ3) is 4.10. The van der Waals surface area contributed by atoms with Crippen LogP contribution in [0.3, 0.4) is 0 Å². The van der Waals surface area contributed by atoms with Gasteiger partial charge >= 0.3 is 0 Å². The van der Waals surface area contributed by atoms with Crippen molar-refractivity contribution in [3.8, 4) is 0 Å². The number of hydrogen-bond acceptors (Lipinski definition) is 1. The van der Waals surface area contributed by atoms with Crippen molar-refractivity contribution in [1.82, 2.24) is 0 Å². The molecule has 0 aliphatic heterocycles. The zero-order valence-electron chi connectivity index (χ0n) is 10.3. The average Bonchev–Trinajstić information content (AvgIpc) is 2.26. The van der Waals surface area contributed by atoms with E-state index < -0.39 is 0 Å². The van der Waals surface area contributed by atoms with E-state index in [1.807, 2.05) is 26.0 Å². The van der Waals surface area contributed by atoms with Crippen molar-refractivity contribution in [3.05, 3.63) is 53.8 Å². The van der Waals surface area contributed by atoms with Gasteiger partial charge < -0.3 is 5.11 Å². The number of allylic oxidation sites excluding steroid dienone is 3. The Morgan fingerprint density at radius 1 is 1.41 bits per heavy atom. The molecule has 1 heteroatoms. The minimum Gasteiger partial charge on any atom is -0.513 e. The number of benzene rings is 1. The SMILES string of the molecule is C.C=C(O)C(C)C/C(=C/C)c1ccccc1C. The van der Waals surface area contributed by atoms with Crippen LogP contribution < -0.4 is 0 Å². The molecule has 1 unspecified atom stereocenters. The molecule has 0 amide bonds. The Morgan fingerprint density at radius 2 is 2.00 bits per heavy atom. The minimum absolute atomic E-state index is 0. The molecule has 1 nitrogen and oxygen atoms in total. The van der Waals surface area contributed by atoms with Gasteiger partial charge in [-0.3, -0.25) is 0 Å². The highest BCUT2D eigenvalue weighted by atomic mass is 16.3. The molecular weight excluding hydrogens is 208 g/mol. The zero-order chi connectivity index (χ0) is 12.1. The molecule has 17 heavy (non-hydrogen) atoms. The molecule has 1 aromatic rings. The second-order valence-corrected chi connectivity index (χ2v) is 4.23. The first-order chi connectivity index (χ1) is 7.56. The molecule has 0 radical (unpaired) electrons. The van der Waals surface area contributed by atoms with Crippen LogP contribution in [-0.4, -0.2) is 5.11 Å². The van der Waals surface area contributed by atoms with Crippen LogP contribution >= 0.6 is 0 Å². The van der Waals surface area contributed by atoms with E-state index in [1.165, 1.54) is 16.7 Å². The highest BCUT2D eigenvalue weighted by molar-refractivity contribution is 5.68. The van der Waals surface area contributed by atoms with Gasteiger partial charge in [0.15, 0.2) is 0 Å². The molecule has 1 rings (SSSR count). The normalized spacial score (nSPS) is 12.8. The van der Waals surface area contributed by atoms with E-state index in [2.05, 4.69) is 31.7 Å². The van der Waals surface area contributed by atoms with E-state index in [0.717, 1.165) is 6.42 Å². The summed E-state index contributed by atoms with van der Waals surface area (Å²) in [5, 5.41) is 9.36. The number of hydrogen-bond donors (Lipinski definition) is 1. The summed E-state index contributed by atoms with van der Waals surface area (Å²) in [6.07, 6.45) is 2.94. The van der Waals surface area contributed by atoms with Gasteiger partial charge in [-0.25, -0.2) is 0 Å². The number of aliphatic hydroxyl groups is 1. The molecule has 0 aliphatic rings. The maximum atomic E-state index is 9.36. The molecule has 0 spiro atoms. The van der Waals surface area contributed by atoms with Crippen molar-refractivity contribution in [2.75, 3.05) is 0 Å². The lowest BCUT2D eigenvalue weighted by Crippen LogP contribution is -2.00. The second kappa shape index (κ2) is 6.95. The average molecular weight is 232 g/mol. The van der Waals surface area contributed by atoms with E-state index >= 15 is 0 Å². The van der Waals surface area contributed by atoms with Crippen molar-refractivity contribution in [3.63, 3.8) is 0 Å². The first kappa shape index (κ1) is 15.5. The van der Waals surface area contributed by atoms with Crippen LogP contribution in [0.1, 0.15) is 38.8 Å². The number of aryl methyl sites for hydroxylation is 1. The Hall–Kier alpha value is -1.50. The summed E-state index contributed by atoms with van der Waals surface area (Å²) in [6.45, 7) is 9.72. The largest absolute Gasteiger partial charge is 0.513 e. The van der Waals surface area contributed by atoms with Crippen LogP contribution in [-0.2, 0) is 0 Å². The fourth-order valence-electron chi connectivity index (χ4n) is 1.76. The Labute approximate surface area is 106 Å². The van der Waals surface area contributed by atoms with Gasteiger partial charge in [0.1, 0.15) is 0 Å². The predicted octanol–water partition coefficient (Wildman–Crippen LogP) is 5.13. The summed E-state index contributed by atoms with van der Waals surface area (Å²) in [5.74, 6) is 0.360. The molecule has 1 atom stereocenters. The van der Waals surface area contributed by atoms with Gasteiger partial charge in [-0.15, -0.1) is 0 Å². The van der Waals surface area contributed by atoms with Gasteiger partial charge in [-0.05, 0) is 37.0 Å². The summed E-state index contributed by atoms with van der Waals surface area (Å²) < 4.78 is 0. The second-order valence-electron chi connectivity index (χ2n) is 4.23. The van der Waals surface area contributed by atoms with E-state index in [1.54, 1.807) is 0 Å². The lowest BCUT2D eigenvalue weighted by Gasteiger charge is -2.15. The fraction of sp³-hybridized carbons (Fsp3) is 0.375. The molecule has 0 saturated carbocycles. The quantitative estimate of drug-likeness (QED) is 0.713. The summed E-state index contributed by atoms with van der Waals surface area (Å²) >= 11 is 0. The Kier molecular flexibility index (Phi) is 6.34. The first-order valence-corrected chi connectivity index (χ1v) is 5.65. The highest BCUT2D eigenvalue weighted by Crippen LogP contribution is 2.27. The van der Waals surface area contributed by atoms with Gasteiger partial charge in [0.25, 0.3) is 0 Å². The van der Waals surface area contributed by atoms with Crippen LogP contribution in [0, 0.1) is 12.8 Å². The Morgan fingerprint density at radius 3 is 2.47 bits per heavy atom. The smallest absolute Gasteiger partial charge is 0.0882 e. The van der Waals surface area contributed by atoms with E-state index in [-0.39, 0.29) is 19.1 Å². The summed E-state index contributed by atoms with van der Waals surface area (Å²) in [6, 6.07) is 8.32. The van der Waals surface area contributed by atoms with E-state index in [0.29, 0.717) is 0 Å². The maximum Gasteiger partial charge on any atom is 0.0882 e. The summed E-state index contributed by atoms with van der Waals surface area (Å²) in [4.78, 5) is 0. The predicted molar refractivity (Wildman–Crippen MR) is 77.1 cm³/mol. The molecule has 0 fully saturated rings. The van der Waals surface area contributed by atoms with Gasteiger partial charge in [0.05, 0.1) is 5.76 Å². The van der Waals surface area contributed by atoms with E-state index in [4.69, 9.17) is 0 Å². The lowest BCUT2D eigenvalue weighted by molar-refractivity contribution is 0.346. The van der Waals surface area contributed by atoms with Gasteiger partial charge in [-0.2, -0.15) is 0 Å². The van der Waals surface area contributed by atoms with Crippen LogP contribution in [0.4, 0.5) is 0 Å². The molecule has 0 heterocycles. The molecule has 0 aromatic heterocycles. The molecular formula is C16H24O.